The van der Waals surface area contributed by atoms with Crippen LogP contribution in [-0.2, 0) is 5.41 Å². The van der Waals surface area contributed by atoms with Crippen molar-refractivity contribution in [2.24, 2.45) is 0 Å². The molecule has 0 unspecified atom stereocenters. The molecule has 11 rings (SSSR count). The van der Waals surface area contributed by atoms with Gasteiger partial charge in [0, 0.05) is 21.9 Å². The zero-order valence-corrected chi connectivity index (χ0v) is 28.0. The SMILES string of the molecule is CC1(C)c2ccccc2-c2cc(-c3ccc4c(c3)c3cc(-c5ccc6c7c(cccc57)-c5ccccc5-6)ccc3n4-c3ccccc3)ccc21. The van der Waals surface area contributed by atoms with Crippen molar-refractivity contribution in [3.8, 4) is 61.3 Å². The molecule has 2 aliphatic carbocycles. The van der Waals surface area contributed by atoms with Crippen LogP contribution in [0.3, 0.4) is 0 Å². The number of benzene rings is 8. The van der Waals surface area contributed by atoms with Crippen molar-refractivity contribution in [1.82, 2.24) is 4.57 Å². The molecule has 0 atom stereocenters. The Balaban J connectivity index is 1.13. The van der Waals surface area contributed by atoms with Crippen molar-refractivity contribution in [3.05, 3.63) is 175 Å². The number of fused-ring (bicyclic) bond motifs is 9. The van der Waals surface area contributed by atoms with Gasteiger partial charge in [-0.25, -0.2) is 0 Å². The fourth-order valence-electron chi connectivity index (χ4n) is 9.19. The second kappa shape index (κ2) is 9.94. The summed E-state index contributed by atoms with van der Waals surface area (Å²) in [5, 5.41) is 5.20. The van der Waals surface area contributed by atoms with E-state index in [4.69, 9.17) is 0 Å². The number of aromatic nitrogens is 1. The fraction of sp³-hybridized carbons (Fsp3) is 0.0612. The maximum Gasteiger partial charge on any atom is 0.0541 e. The summed E-state index contributed by atoms with van der Waals surface area (Å²) in [6.45, 7) is 4.70. The van der Waals surface area contributed by atoms with Gasteiger partial charge in [0.2, 0.25) is 0 Å². The lowest BCUT2D eigenvalue weighted by atomic mass is 9.82. The Labute approximate surface area is 291 Å². The van der Waals surface area contributed by atoms with E-state index in [1.807, 2.05) is 0 Å². The first kappa shape index (κ1) is 27.7. The third-order valence-electron chi connectivity index (χ3n) is 11.6. The lowest BCUT2D eigenvalue weighted by Crippen LogP contribution is -2.14. The summed E-state index contributed by atoms with van der Waals surface area (Å²) in [6.07, 6.45) is 0. The molecule has 2 aliphatic rings. The van der Waals surface area contributed by atoms with Crippen LogP contribution in [0.5, 0.6) is 0 Å². The third-order valence-corrected chi connectivity index (χ3v) is 11.6. The van der Waals surface area contributed by atoms with Crippen LogP contribution in [0, 0.1) is 0 Å². The van der Waals surface area contributed by atoms with E-state index >= 15 is 0 Å². The molecular weight excluding hydrogens is 603 g/mol. The van der Waals surface area contributed by atoms with Crippen LogP contribution in [-0.4, -0.2) is 4.57 Å². The Kier molecular flexibility index (Phi) is 5.51. The zero-order chi connectivity index (χ0) is 33.1. The predicted octanol–water partition coefficient (Wildman–Crippen LogP) is 13.2. The molecule has 0 N–H and O–H groups in total. The van der Waals surface area contributed by atoms with Gasteiger partial charge in [-0.05, 0) is 120 Å². The van der Waals surface area contributed by atoms with Crippen molar-refractivity contribution >= 4 is 32.6 Å². The highest BCUT2D eigenvalue weighted by atomic mass is 15.0. The summed E-state index contributed by atoms with van der Waals surface area (Å²) in [7, 11) is 0. The van der Waals surface area contributed by atoms with Gasteiger partial charge in [-0.3, -0.25) is 0 Å². The third kappa shape index (κ3) is 3.67. The highest BCUT2D eigenvalue weighted by molar-refractivity contribution is 6.19. The van der Waals surface area contributed by atoms with E-state index in [1.165, 1.54) is 105 Å². The molecule has 234 valence electrons. The van der Waals surface area contributed by atoms with Crippen molar-refractivity contribution in [2.75, 3.05) is 0 Å². The first-order chi connectivity index (χ1) is 24.6. The summed E-state index contributed by atoms with van der Waals surface area (Å²) < 4.78 is 2.42. The summed E-state index contributed by atoms with van der Waals surface area (Å²) in [5.74, 6) is 0. The van der Waals surface area contributed by atoms with E-state index in [0.717, 1.165) is 0 Å². The molecule has 0 radical (unpaired) electrons. The molecule has 0 spiro atoms. The molecule has 0 saturated heterocycles. The van der Waals surface area contributed by atoms with Crippen molar-refractivity contribution in [3.63, 3.8) is 0 Å². The van der Waals surface area contributed by atoms with Gasteiger partial charge in [0.1, 0.15) is 0 Å². The average Bonchev–Trinajstić information content (AvgIpc) is 3.76. The smallest absolute Gasteiger partial charge is 0.0541 e. The highest BCUT2D eigenvalue weighted by Gasteiger charge is 2.35. The van der Waals surface area contributed by atoms with E-state index in [9.17, 15) is 0 Å². The molecule has 9 aromatic rings. The van der Waals surface area contributed by atoms with Gasteiger partial charge in [-0.1, -0.05) is 135 Å². The Morgan fingerprint density at radius 2 is 0.920 bits per heavy atom. The largest absolute Gasteiger partial charge is 0.309 e. The molecule has 1 nitrogen and oxygen atoms in total. The number of rotatable bonds is 3. The van der Waals surface area contributed by atoms with Crippen molar-refractivity contribution in [2.45, 2.75) is 19.3 Å². The molecule has 8 aromatic carbocycles. The van der Waals surface area contributed by atoms with Gasteiger partial charge in [0.15, 0.2) is 0 Å². The molecule has 1 heterocycles. The number of nitrogens with zero attached hydrogens (tertiary/aromatic N) is 1. The number of para-hydroxylation sites is 1. The summed E-state index contributed by atoms with van der Waals surface area (Å²) in [6, 6.07) is 61.1. The van der Waals surface area contributed by atoms with Crippen LogP contribution in [0.15, 0.2) is 164 Å². The minimum Gasteiger partial charge on any atom is -0.309 e. The van der Waals surface area contributed by atoms with Crippen molar-refractivity contribution in [1.29, 1.82) is 0 Å². The molecule has 0 aliphatic heterocycles. The molecular formula is C49H33N. The molecule has 1 aromatic heterocycles. The average molecular weight is 636 g/mol. The lowest BCUT2D eigenvalue weighted by Gasteiger charge is -2.21. The topological polar surface area (TPSA) is 4.93 Å². The lowest BCUT2D eigenvalue weighted by molar-refractivity contribution is 0.660. The van der Waals surface area contributed by atoms with Crippen LogP contribution in [0.4, 0.5) is 0 Å². The minimum absolute atomic E-state index is 0.000660. The van der Waals surface area contributed by atoms with Gasteiger partial charge in [0.25, 0.3) is 0 Å². The molecule has 0 saturated carbocycles. The van der Waals surface area contributed by atoms with Gasteiger partial charge < -0.3 is 4.57 Å². The van der Waals surface area contributed by atoms with Gasteiger partial charge >= 0.3 is 0 Å². The molecule has 1 heteroatoms. The zero-order valence-electron chi connectivity index (χ0n) is 28.0. The Morgan fingerprint density at radius 3 is 1.70 bits per heavy atom. The van der Waals surface area contributed by atoms with Gasteiger partial charge in [-0.2, -0.15) is 0 Å². The first-order valence-corrected chi connectivity index (χ1v) is 17.6. The Bertz CT molecular complexity index is 2850. The van der Waals surface area contributed by atoms with E-state index < -0.39 is 0 Å². The van der Waals surface area contributed by atoms with Crippen LogP contribution >= 0.6 is 0 Å². The second-order valence-electron chi connectivity index (χ2n) is 14.5. The maximum atomic E-state index is 2.43. The normalized spacial score (nSPS) is 13.6. The predicted molar refractivity (Wildman–Crippen MR) is 211 cm³/mol. The van der Waals surface area contributed by atoms with Crippen LogP contribution in [0.2, 0.25) is 0 Å². The molecule has 0 bridgehead atoms. The summed E-state index contributed by atoms with van der Waals surface area (Å²) in [4.78, 5) is 0. The second-order valence-corrected chi connectivity index (χ2v) is 14.5. The van der Waals surface area contributed by atoms with Crippen LogP contribution < -0.4 is 0 Å². The van der Waals surface area contributed by atoms with E-state index in [2.05, 4.69) is 182 Å². The Morgan fingerprint density at radius 1 is 0.360 bits per heavy atom. The van der Waals surface area contributed by atoms with Crippen LogP contribution in [0.25, 0.3) is 93.9 Å². The first-order valence-electron chi connectivity index (χ1n) is 17.6. The number of hydrogen-bond donors (Lipinski definition) is 0. The minimum atomic E-state index is -0.000660. The molecule has 50 heavy (non-hydrogen) atoms. The summed E-state index contributed by atoms with van der Waals surface area (Å²) in [5.41, 5.74) is 19.5. The number of hydrogen-bond acceptors (Lipinski definition) is 0. The highest BCUT2D eigenvalue weighted by Crippen LogP contribution is 2.51. The van der Waals surface area contributed by atoms with E-state index in [-0.39, 0.29) is 5.41 Å². The van der Waals surface area contributed by atoms with Gasteiger partial charge in [-0.15, -0.1) is 0 Å². The quantitative estimate of drug-likeness (QED) is 0.182. The van der Waals surface area contributed by atoms with Gasteiger partial charge in [0.05, 0.1) is 11.0 Å². The summed E-state index contributed by atoms with van der Waals surface area (Å²) >= 11 is 0. The standard InChI is InChI=1S/C49H33N/c1-49(2)44-18-9-8-15-37(44)41-27-30(19-24-45(41)49)31-20-25-46-42(28-31)43-29-32(21-26-47(43)50(46)33-11-4-3-5-12-33)34-22-23-40-36-14-7-6-13-35(36)39-17-10-16-38(34)48(39)40/h3-29H,1-2H3. The fourth-order valence-corrected chi connectivity index (χ4v) is 9.19. The van der Waals surface area contributed by atoms with Crippen LogP contribution in [0.1, 0.15) is 25.0 Å². The molecule has 0 amide bonds. The van der Waals surface area contributed by atoms with Crippen molar-refractivity contribution < 1.29 is 0 Å². The van der Waals surface area contributed by atoms with E-state index in [1.54, 1.807) is 0 Å². The maximum absolute atomic E-state index is 2.43. The van der Waals surface area contributed by atoms with E-state index in [0.29, 0.717) is 0 Å². The monoisotopic (exact) mass is 635 g/mol. The Hall–Kier alpha value is -6.18. The molecule has 0 fully saturated rings.